The van der Waals surface area contributed by atoms with Gasteiger partial charge in [0.05, 0.1) is 6.20 Å². The lowest BCUT2D eigenvalue weighted by Gasteiger charge is -2.25. The van der Waals surface area contributed by atoms with E-state index in [4.69, 9.17) is 5.11 Å². The first-order valence-corrected chi connectivity index (χ1v) is 7.17. The van der Waals surface area contributed by atoms with E-state index in [9.17, 15) is 9.59 Å². The summed E-state index contributed by atoms with van der Waals surface area (Å²) in [4.78, 5) is 27.4. The van der Waals surface area contributed by atoms with Crippen molar-refractivity contribution in [3.8, 4) is 0 Å². The van der Waals surface area contributed by atoms with Gasteiger partial charge in [0.1, 0.15) is 6.54 Å². The highest BCUT2D eigenvalue weighted by atomic mass is 16.4. The van der Waals surface area contributed by atoms with Gasteiger partial charge in [0, 0.05) is 25.2 Å². The van der Waals surface area contributed by atoms with E-state index in [-0.39, 0.29) is 18.1 Å². The molecule has 1 aromatic rings. The van der Waals surface area contributed by atoms with Crippen LogP contribution in [0.4, 0.5) is 0 Å². The molecule has 3 heterocycles. The van der Waals surface area contributed by atoms with Crippen LogP contribution in [0.1, 0.15) is 29.8 Å². The minimum atomic E-state index is -1.14. The Morgan fingerprint density at radius 1 is 1.33 bits per heavy atom. The summed E-state index contributed by atoms with van der Waals surface area (Å²) >= 11 is 0. The number of fused-ring (bicyclic) bond motifs is 2. The number of rotatable bonds is 3. The molecule has 0 spiro atoms. The number of likely N-dealkylation sites (tertiary alicyclic amines) is 1. The smallest absolute Gasteiger partial charge is 0.358 e. The normalized spacial score (nSPS) is 25.9. The zero-order chi connectivity index (χ0) is 15.0. The number of likely N-dealkylation sites (N-methyl/N-ethyl adjacent to an activating group) is 1. The van der Waals surface area contributed by atoms with Crippen LogP contribution in [0.5, 0.6) is 0 Å². The van der Waals surface area contributed by atoms with Gasteiger partial charge in [0.15, 0.2) is 5.69 Å². The molecule has 114 valence electrons. The molecule has 2 fully saturated rings. The quantitative estimate of drug-likeness (QED) is 0.820. The Balaban J connectivity index is 1.63. The third-order valence-electron chi connectivity index (χ3n) is 4.56. The summed E-state index contributed by atoms with van der Waals surface area (Å²) in [6.07, 6.45) is 4.64. The summed E-state index contributed by atoms with van der Waals surface area (Å²) in [7, 11) is 2.13. The number of aromatic nitrogens is 3. The molecule has 2 bridgehead atoms. The number of hydrogen-bond acceptors (Lipinski definition) is 5. The van der Waals surface area contributed by atoms with Crippen LogP contribution in [0.25, 0.3) is 0 Å². The number of aromatic carboxylic acids is 1. The van der Waals surface area contributed by atoms with Crippen LogP contribution in [0, 0.1) is 0 Å². The number of carbonyl (C=O) groups is 2. The molecule has 8 nitrogen and oxygen atoms in total. The van der Waals surface area contributed by atoms with Gasteiger partial charge in [0.2, 0.25) is 5.91 Å². The van der Waals surface area contributed by atoms with Crippen LogP contribution in [0.3, 0.4) is 0 Å². The van der Waals surface area contributed by atoms with E-state index in [0.29, 0.717) is 12.1 Å². The van der Waals surface area contributed by atoms with Crippen LogP contribution in [0.15, 0.2) is 6.20 Å². The second kappa shape index (κ2) is 5.44. The number of carboxylic acid groups (broad SMARTS) is 1. The van der Waals surface area contributed by atoms with Crippen LogP contribution >= 0.6 is 0 Å². The Morgan fingerprint density at radius 2 is 2.10 bits per heavy atom. The first-order valence-electron chi connectivity index (χ1n) is 7.17. The fraction of sp³-hybridized carbons (Fsp3) is 0.692. The van der Waals surface area contributed by atoms with Gasteiger partial charge in [0.25, 0.3) is 0 Å². The number of carboxylic acids is 1. The molecular weight excluding hydrogens is 274 g/mol. The predicted octanol–water partition coefficient (Wildman–Crippen LogP) is -0.329. The number of hydrogen-bond donors (Lipinski definition) is 1. The molecule has 2 atom stereocenters. The molecule has 1 N–H and O–H groups in total. The van der Waals surface area contributed by atoms with Gasteiger partial charge in [-0.15, -0.1) is 5.10 Å². The van der Waals surface area contributed by atoms with Crippen LogP contribution in [0.2, 0.25) is 0 Å². The Kier molecular flexibility index (Phi) is 3.62. The Bertz CT molecular complexity index is 558. The standard InChI is InChI=1S/C13H19N5O3/c1-16-9-2-3-10(16)6-17(5-4-9)12(19)8-18-7-11(13(20)21)14-15-18/h7,9-10H,2-6,8H2,1H3,(H,20,21). The number of carbonyl (C=O) groups excluding carboxylic acids is 1. The van der Waals surface area contributed by atoms with Crippen molar-refractivity contribution >= 4 is 11.9 Å². The number of nitrogens with zero attached hydrogens (tertiary/aromatic N) is 5. The van der Waals surface area contributed by atoms with E-state index < -0.39 is 5.97 Å². The highest BCUT2D eigenvalue weighted by molar-refractivity contribution is 5.84. The minimum Gasteiger partial charge on any atom is -0.476 e. The summed E-state index contributed by atoms with van der Waals surface area (Å²) < 4.78 is 1.29. The topological polar surface area (TPSA) is 91.6 Å². The monoisotopic (exact) mass is 293 g/mol. The molecule has 2 aliphatic heterocycles. The molecule has 8 heteroatoms. The first-order chi connectivity index (χ1) is 10.0. The maximum absolute atomic E-state index is 12.4. The SMILES string of the molecule is CN1C2CCC1CN(C(=O)Cn1cc(C(=O)O)nn1)CC2. The summed E-state index contributed by atoms with van der Waals surface area (Å²) in [6, 6.07) is 1.02. The molecule has 2 aliphatic rings. The molecule has 0 saturated carbocycles. The number of amides is 1. The van der Waals surface area contributed by atoms with Crippen molar-refractivity contribution in [1.82, 2.24) is 24.8 Å². The predicted molar refractivity (Wildman–Crippen MR) is 72.8 cm³/mol. The average Bonchev–Trinajstić information content (AvgIpc) is 2.95. The molecule has 3 rings (SSSR count). The van der Waals surface area contributed by atoms with E-state index in [1.165, 1.54) is 17.3 Å². The molecule has 0 radical (unpaired) electrons. The van der Waals surface area contributed by atoms with Crippen molar-refractivity contribution in [3.05, 3.63) is 11.9 Å². The van der Waals surface area contributed by atoms with E-state index in [2.05, 4.69) is 22.3 Å². The highest BCUT2D eigenvalue weighted by Gasteiger charge is 2.35. The van der Waals surface area contributed by atoms with Crippen molar-refractivity contribution in [2.45, 2.75) is 37.9 Å². The van der Waals surface area contributed by atoms with Crippen molar-refractivity contribution in [2.24, 2.45) is 0 Å². The van der Waals surface area contributed by atoms with Gasteiger partial charge in [-0.2, -0.15) is 0 Å². The Labute approximate surface area is 122 Å². The maximum Gasteiger partial charge on any atom is 0.358 e. The lowest BCUT2D eigenvalue weighted by atomic mass is 10.1. The lowest BCUT2D eigenvalue weighted by molar-refractivity contribution is -0.132. The fourth-order valence-electron chi connectivity index (χ4n) is 3.25. The van der Waals surface area contributed by atoms with E-state index in [0.717, 1.165) is 25.9 Å². The zero-order valence-corrected chi connectivity index (χ0v) is 12.0. The first kappa shape index (κ1) is 14.0. The molecule has 1 aromatic heterocycles. The largest absolute Gasteiger partial charge is 0.476 e. The highest BCUT2D eigenvalue weighted by Crippen LogP contribution is 2.28. The molecule has 1 amide bonds. The second-order valence-corrected chi connectivity index (χ2v) is 5.79. The van der Waals surface area contributed by atoms with Gasteiger partial charge in [-0.3, -0.25) is 9.69 Å². The third kappa shape index (κ3) is 2.76. The molecule has 2 saturated heterocycles. The zero-order valence-electron chi connectivity index (χ0n) is 12.0. The third-order valence-corrected chi connectivity index (χ3v) is 4.56. The summed E-state index contributed by atoms with van der Waals surface area (Å²) in [5, 5.41) is 16.0. The molecule has 0 aromatic carbocycles. The lowest BCUT2D eigenvalue weighted by Crippen LogP contribution is -2.41. The fourth-order valence-corrected chi connectivity index (χ4v) is 3.25. The second-order valence-electron chi connectivity index (χ2n) is 5.79. The average molecular weight is 293 g/mol. The van der Waals surface area contributed by atoms with E-state index in [1.807, 2.05) is 4.90 Å². The molecule has 21 heavy (non-hydrogen) atoms. The minimum absolute atomic E-state index is 0.0298. The van der Waals surface area contributed by atoms with Crippen molar-refractivity contribution in [2.75, 3.05) is 20.1 Å². The molecule has 0 aliphatic carbocycles. The Hall–Kier alpha value is -1.96. The van der Waals surface area contributed by atoms with E-state index in [1.54, 1.807) is 0 Å². The van der Waals surface area contributed by atoms with Crippen LogP contribution in [-0.2, 0) is 11.3 Å². The van der Waals surface area contributed by atoms with Gasteiger partial charge in [-0.25, -0.2) is 9.48 Å². The van der Waals surface area contributed by atoms with Crippen LogP contribution in [-0.4, -0.2) is 74.0 Å². The van der Waals surface area contributed by atoms with Crippen molar-refractivity contribution < 1.29 is 14.7 Å². The van der Waals surface area contributed by atoms with Crippen LogP contribution < -0.4 is 0 Å². The molecule has 2 unspecified atom stereocenters. The Morgan fingerprint density at radius 3 is 2.81 bits per heavy atom. The van der Waals surface area contributed by atoms with Gasteiger partial charge in [-0.05, 0) is 26.3 Å². The van der Waals surface area contributed by atoms with Gasteiger partial charge in [-0.1, -0.05) is 5.21 Å². The summed E-state index contributed by atoms with van der Waals surface area (Å²) in [5.74, 6) is -1.17. The molecular formula is C13H19N5O3. The van der Waals surface area contributed by atoms with E-state index >= 15 is 0 Å². The van der Waals surface area contributed by atoms with Gasteiger partial charge >= 0.3 is 5.97 Å². The maximum atomic E-state index is 12.4. The summed E-state index contributed by atoms with van der Waals surface area (Å²) in [6.45, 7) is 1.54. The summed E-state index contributed by atoms with van der Waals surface area (Å²) in [5.41, 5.74) is -0.141. The van der Waals surface area contributed by atoms with Crippen molar-refractivity contribution in [1.29, 1.82) is 0 Å². The van der Waals surface area contributed by atoms with Gasteiger partial charge < -0.3 is 10.0 Å². The van der Waals surface area contributed by atoms with Crippen molar-refractivity contribution in [3.63, 3.8) is 0 Å².